The maximum atomic E-state index is 12.6. The molecule has 1 N–H and O–H groups in total. The highest BCUT2D eigenvalue weighted by Gasteiger charge is 2.14. The number of aromatic nitrogens is 1. The Morgan fingerprint density at radius 1 is 1.14 bits per heavy atom. The van der Waals surface area contributed by atoms with Gasteiger partial charge in [0, 0.05) is 16.6 Å². The molecule has 0 saturated heterocycles. The van der Waals surface area contributed by atoms with E-state index in [1.165, 1.54) is 0 Å². The van der Waals surface area contributed by atoms with Crippen molar-refractivity contribution in [1.29, 1.82) is 0 Å². The third-order valence-electron chi connectivity index (χ3n) is 3.59. The van der Waals surface area contributed by atoms with E-state index < -0.39 is 0 Å². The Labute approximate surface area is 133 Å². The van der Waals surface area contributed by atoms with Gasteiger partial charge in [0.15, 0.2) is 0 Å². The number of rotatable bonds is 3. The minimum absolute atomic E-state index is 0.119. The Morgan fingerprint density at radius 2 is 1.95 bits per heavy atom. The lowest BCUT2D eigenvalue weighted by molar-refractivity contribution is 0.0941. The molecule has 2 aromatic carbocycles. The highest BCUT2D eigenvalue weighted by molar-refractivity contribution is 6.30. The molecule has 0 aliphatic heterocycles. The summed E-state index contributed by atoms with van der Waals surface area (Å²) in [5, 5.41) is 4.51. The van der Waals surface area contributed by atoms with E-state index in [1.54, 1.807) is 12.3 Å². The Bertz CT molecular complexity index is 827. The predicted molar refractivity (Wildman–Crippen MR) is 89.1 cm³/mol. The van der Waals surface area contributed by atoms with Crippen molar-refractivity contribution in [2.24, 2.45) is 0 Å². The van der Waals surface area contributed by atoms with Gasteiger partial charge in [0.25, 0.3) is 5.91 Å². The number of nitrogens with one attached hydrogen (secondary N) is 1. The first kappa shape index (κ1) is 14.5. The second-order valence-electron chi connectivity index (χ2n) is 5.13. The summed E-state index contributed by atoms with van der Waals surface area (Å²) in [5.41, 5.74) is 2.41. The van der Waals surface area contributed by atoms with Crippen molar-refractivity contribution in [2.75, 3.05) is 0 Å². The minimum Gasteiger partial charge on any atom is -0.345 e. The molecule has 0 aliphatic carbocycles. The second-order valence-corrected chi connectivity index (χ2v) is 5.56. The molecule has 0 spiro atoms. The maximum Gasteiger partial charge on any atom is 0.252 e. The smallest absolute Gasteiger partial charge is 0.252 e. The molecule has 110 valence electrons. The van der Waals surface area contributed by atoms with E-state index >= 15 is 0 Å². The van der Waals surface area contributed by atoms with Crippen LogP contribution in [0.4, 0.5) is 0 Å². The van der Waals surface area contributed by atoms with Crippen molar-refractivity contribution in [3.05, 3.63) is 76.9 Å². The average molecular weight is 311 g/mol. The number of fused-ring (bicyclic) bond motifs is 1. The van der Waals surface area contributed by atoms with Crippen LogP contribution in [0.1, 0.15) is 28.9 Å². The summed E-state index contributed by atoms with van der Waals surface area (Å²) in [6.45, 7) is 1.94. The Morgan fingerprint density at radius 3 is 2.77 bits per heavy atom. The van der Waals surface area contributed by atoms with E-state index in [-0.39, 0.29) is 11.9 Å². The summed E-state index contributed by atoms with van der Waals surface area (Å²) in [6.07, 6.45) is 1.65. The SMILES string of the molecule is CC(NC(=O)c1ccnc2ccccc12)c1cccc(Cl)c1. The van der Waals surface area contributed by atoms with Gasteiger partial charge < -0.3 is 5.32 Å². The van der Waals surface area contributed by atoms with Gasteiger partial charge in [-0.2, -0.15) is 0 Å². The first-order valence-electron chi connectivity index (χ1n) is 7.05. The number of hydrogen-bond donors (Lipinski definition) is 1. The summed E-state index contributed by atoms with van der Waals surface area (Å²) in [4.78, 5) is 16.8. The van der Waals surface area contributed by atoms with E-state index in [9.17, 15) is 4.79 Å². The number of hydrogen-bond acceptors (Lipinski definition) is 2. The van der Waals surface area contributed by atoms with Crippen LogP contribution in [-0.2, 0) is 0 Å². The number of nitrogens with zero attached hydrogens (tertiary/aromatic N) is 1. The molecule has 0 saturated carbocycles. The zero-order valence-corrected chi connectivity index (χ0v) is 12.8. The van der Waals surface area contributed by atoms with Crippen molar-refractivity contribution >= 4 is 28.4 Å². The van der Waals surface area contributed by atoms with Crippen molar-refractivity contribution in [3.8, 4) is 0 Å². The molecule has 1 heterocycles. The fraction of sp³-hybridized carbons (Fsp3) is 0.111. The summed E-state index contributed by atoms with van der Waals surface area (Å²) in [6, 6.07) is 16.7. The lowest BCUT2D eigenvalue weighted by Crippen LogP contribution is -2.26. The quantitative estimate of drug-likeness (QED) is 0.780. The monoisotopic (exact) mass is 310 g/mol. The van der Waals surface area contributed by atoms with Gasteiger partial charge in [-0.25, -0.2) is 0 Å². The normalized spacial score (nSPS) is 12.1. The molecule has 0 radical (unpaired) electrons. The molecule has 1 atom stereocenters. The van der Waals surface area contributed by atoms with E-state index in [0.717, 1.165) is 16.5 Å². The largest absolute Gasteiger partial charge is 0.345 e. The van der Waals surface area contributed by atoms with Gasteiger partial charge in [0.1, 0.15) is 0 Å². The van der Waals surface area contributed by atoms with Gasteiger partial charge in [0.2, 0.25) is 0 Å². The molecule has 1 unspecified atom stereocenters. The number of para-hydroxylation sites is 1. The topological polar surface area (TPSA) is 42.0 Å². The number of amides is 1. The highest BCUT2D eigenvalue weighted by atomic mass is 35.5. The molecule has 1 amide bonds. The van der Waals surface area contributed by atoms with Crippen molar-refractivity contribution in [2.45, 2.75) is 13.0 Å². The average Bonchev–Trinajstić information content (AvgIpc) is 2.54. The standard InChI is InChI=1S/C18H15ClN2O/c1-12(13-5-4-6-14(19)11-13)21-18(22)16-9-10-20-17-8-3-2-7-15(16)17/h2-12H,1H3,(H,21,22). The van der Waals surface area contributed by atoms with E-state index in [4.69, 9.17) is 11.6 Å². The maximum absolute atomic E-state index is 12.6. The van der Waals surface area contributed by atoms with Gasteiger partial charge in [-0.15, -0.1) is 0 Å². The van der Waals surface area contributed by atoms with Crippen LogP contribution in [0, 0.1) is 0 Å². The third-order valence-corrected chi connectivity index (χ3v) is 3.83. The first-order valence-corrected chi connectivity index (χ1v) is 7.43. The number of benzene rings is 2. The Kier molecular flexibility index (Phi) is 4.07. The summed E-state index contributed by atoms with van der Waals surface area (Å²) < 4.78 is 0. The summed E-state index contributed by atoms with van der Waals surface area (Å²) in [7, 11) is 0. The fourth-order valence-corrected chi connectivity index (χ4v) is 2.63. The zero-order chi connectivity index (χ0) is 15.5. The van der Waals surface area contributed by atoms with Crippen LogP contribution in [0.3, 0.4) is 0 Å². The molecule has 0 aliphatic rings. The third kappa shape index (κ3) is 2.95. The van der Waals surface area contributed by atoms with E-state index in [0.29, 0.717) is 10.6 Å². The van der Waals surface area contributed by atoms with Gasteiger partial charge in [-0.05, 0) is 36.8 Å². The minimum atomic E-state index is -0.127. The van der Waals surface area contributed by atoms with Crippen molar-refractivity contribution < 1.29 is 4.79 Å². The molecule has 3 rings (SSSR count). The van der Waals surface area contributed by atoms with Crippen LogP contribution in [-0.4, -0.2) is 10.9 Å². The lowest BCUT2D eigenvalue weighted by Gasteiger charge is -2.15. The van der Waals surface area contributed by atoms with Crippen LogP contribution >= 0.6 is 11.6 Å². The van der Waals surface area contributed by atoms with Gasteiger partial charge >= 0.3 is 0 Å². The molecule has 3 aromatic rings. The Balaban J connectivity index is 1.87. The summed E-state index contributed by atoms with van der Waals surface area (Å²) in [5.74, 6) is -0.119. The van der Waals surface area contributed by atoms with E-state index in [1.807, 2.05) is 55.5 Å². The first-order chi connectivity index (χ1) is 10.6. The van der Waals surface area contributed by atoms with Crippen LogP contribution in [0.2, 0.25) is 5.02 Å². The molecule has 3 nitrogen and oxygen atoms in total. The molecular formula is C18H15ClN2O. The number of carbonyl (C=O) groups is 1. The summed E-state index contributed by atoms with van der Waals surface area (Å²) >= 11 is 6.00. The number of pyridine rings is 1. The molecule has 0 bridgehead atoms. The van der Waals surface area contributed by atoms with Crippen molar-refractivity contribution in [3.63, 3.8) is 0 Å². The van der Waals surface area contributed by atoms with Crippen LogP contribution < -0.4 is 5.32 Å². The predicted octanol–water partition coefficient (Wildman–Crippen LogP) is 4.38. The molecule has 4 heteroatoms. The van der Waals surface area contributed by atoms with Crippen LogP contribution in [0.5, 0.6) is 0 Å². The highest BCUT2D eigenvalue weighted by Crippen LogP contribution is 2.20. The van der Waals surface area contributed by atoms with Gasteiger partial charge in [-0.3, -0.25) is 9.78 Å². The molecule has 22 heavy (non-hydrogen) atoms. The fourth-order valence-electron chi connectivity index (χ4n) is 2.43. The van der Waals surface area contributed by atoms with Gasteiger partial charge in [0.05, 0.1) is 17.1 Å². The van der Waals surface area contributed by atoms with Crippen molar-refractivity contribution in [1.82, 2.24) is 10.3 Å². The van der Waals surface area contributed by atoms with Crippen LogP contribution in [0.15, 0.2) is 60.8 Å². The van der Waals surface area contributed by atoms with Crippen LogP contribution in [0.25, 0.3) is 10.9 Å². The second kappa shape index (κ2) is 6.16. The Hall–Kier alpha value is -2.39. The lowest BCUT2D eigenvalue weighted by atomic mass is 10.1. The number of halogens is 1. The zero-order valence-electron chi connectivity index (χ0n) is 12.1. The number of carbonyl (C=O) groups excluding carboxylic acids is 1. The van der Waals surface area contributed by atoms with E-state index in [2.05, 4.69) is 10.3 Å². The molecular weight excluding hydrogens is 296 g/mol. The molecule has 0 fully saturated rings. The van der Waals surface area contributed by atoms with Gasteiger partial charge in [-0.1, -0.05) is 41.9 Å². The molecule has 1 aromatic heterocycles.